The zero-order valence-electron chi connectivity index (χ0n) is 9.16. The number of hydrogen-bond acceptors (Lipinski definition) is 3. The largest absolute Gasteiger partial charge is 0.387 e. The molecule has 1 aliphatic heterocycles. The molecule has 1 aromatic rings. The van der Waals surface area contributed by atoms with Crippen LogP contribution in [0.2, 0.25) is 5.02 Å². The number of halogens is 1. The van der Waals surface area contributed by atoms with E-state index in [4.69, 9.17) is 23.8 Å². The van der Waals surface area contributed by atoms with E-state index in [1.54, 1.807) is 12.1 Å². The van der Waals surface area contributed by atoms with Gasteiger partial charge in [0.25, 0.3) is 0 Å². The highest BCUT2D eigenvalue weighted by Crippen LogP contribution is 2.19. The molecule has 0 aromatic heterocycles. The lowest BCUT2D eigenvalue weighted by Crippen LogP contribution is -2.11. The first-order valence-corrected chi connectivity index (χ1v) is 6.18. The Labute approximate surface area is 111 Å². The third-order valence-corrected chi connectivity index (χ3v) is 3.38. The molecule has 0 atom stereocenters. The maximum absolute atomic E-state index is 9.21. The van der Waals surface area contributed by atoms with Gasteiger partial charge in [0.05, 0.1) is 10.4 Å². The molecule has 1 fully saturated rings. The Morgan fingerprint density at radius 2 is 2.06 bits per heavy atom. The van der Waals surface area contributed by atoms with Gasteiger partial charge in [-0.15, -0.1) is 0 Å². The SMILES string of the molecule is N#C/C(C(=S)c1ccc(Cl)cc1)=C1/CCCN1. The van der Waals surface area contributed by atoms with Crippen LogP contribution in [0, 0.1) is 11.3 Å². The van der Waals surface area contributed by atoms with Crippen molar-refractivity contribution in [1.82, 2.24) is 5.32 Å². The van der Waals surface area contributed by atoms with E-state index in [-0.39, 0.29) is 0 Å². The van der Waals surface area contributed by atoms with Crippen molar-refractivity contribution in [2.45, 2.75) is 12.8 Å². The highest BCUT2D eigenvalue weighted by atomic mass is 35.5. The molecule has 0 amide bonds. The zero-order valence-corrected chi connectivity index (χ0v) is 10.7. The maximum atomic E-state index is 9.21. The van der Waals surface area contributed by atoms with E-state index in [2.05, 4.69) is 11.4 Å². The van der Waals surface area contributed by atoms with Crippen molar-refractivity contribution in [2.75, 3.05) is 6.54 Å². The average molecular weight is 263 g/mol. The number of allylic oxidation sites excluding steroid dienone is 2. The van der Waals surface area contributed by atoms with Gasteiger partial charge >= 0.3 is 0 Å². The summed E-state index contributed by atoms with van der Waals surface area (Å²) in [6, 6.07) is 9.45. The summed E-state index contributed by atoms with van der Waals surface area (Å²) < 4.78 is 0. The van der Waals surface area contributed by atoms with E-state index < -0.39 is 0 Å². The highest BCUT2D eigenvalue weighted by molar-refractivity contribution is 7.81. The minimum Gasteiger partial charge on any atom is -0.387 e. The number of rotatable bonds is 2. The highest BCUT2D eigenvalue weighted by Gasteiger charge is 2.16. The first kappa shape index (κ1) is 12.1. The monoisotopic (exact) mass is 262 g/mol. The summed E-state index contributed by atoms with van der Waals surface area (Å²) >= 11 is 11.2. The Kier molecular flexibility index (Phi) is 3.78. The van der Waals surface area contributed by atoms with Gasteiger partial charge in [0.15, 0.2) is 0 Å². The Morgan fingerprint density at radius 1 is 1.35 bits per heavy atom. The van der Waals surface area contributed by atoms with Crippen molar-refractivity contribution >= 4 is 28.7 Å². The van der Waals surface area contributed by atoms with Crippen LogP contribution in [-0.2, 0) is 0 Å². The van der Waals surface area contributed by atoms with Crippen LogP contribution in [0.3, 0.4) is 0 Å². The molecule has 4 heteroatoms. The molecule has 1 N–H and O–H groups in total. The fraction of sp³-hybridized carbons (Fsp3) is 0.231. The van der Waals surface area contributed by atoms with Crippen molar-refractivity contribution in [2.24, 2.45) is 0 Å². The van der Waals surface area contributed by atoms with E-state index in [1.165, 1.54) is 0 Å². The number of nitrogens with one attached hydrogen (secondary N) is 1. The standard InChI is InChI=1S/C13H11ClN2S/c14-10-5-3-9(4-6-10)13(17)11(8-15)12-2-1-7-16-12/h3-6,16H,1-2,7H2/b12-11+. The number of benzene rings is 1. The van der Waals surface area contributed by atoms with Gasteiger partial charge in [-0.05, 0) is 30.5 Å². The maximum Gasteiger partial charge on any atom is 0.102 e. The van der Waals surface area contributed by atoms with Gasteiger partial charge in [-0.2, -0.15) is 5.26 Å². The van der Waals surface area contributed by atoms with Gasteiger partial charge in [-0.1, -0.05) is 36.0 Å². The van der Waals surface area contributed by atoms with Crippen molar-refractivity contribution in [3.8, 4) is 6.07 Å². The Hall–Kier alpha value is -1.37. The first-order chi connectivity index (χ1) is 8.22. The zero-order chi connectivity index (χ0) is 12.3. The molecule has 0 saturated carbocycles. The first-order valence-electron chi connectivity index (χ1n) is 5.40. The molecule has 0 aliphatic carbocycles. The van der Waals surface area contributed by atoms with Gasteiger partial charge in [0, 0.05) is 17.3 Å². The molecule has 1 saturated heterocycles. The molecule has 17 heavy (non-hydrogen) atoms. The Morgan fingerprint density at radius 3 is 2.59 bits per heavy atom. The second-order valence-corrected chi connectivity index (χ2v) is 4.68. The fourth-order valence-corrected chi connectivity index (χ4v) is 2.24. The minimum absolute atomic E-state index is 0.583. The van der Waals surface area contributed by atoms with Gasteiger partial charge in [-0.3, -0.25) is 0 Å². The lowest BCUT2D eigenvalue weighted by Gasteiger charge is -2.06. The van der Waals surface area contributed by atoms with Crippen LogP contribution in [0.4, 0.5) is 0 Å². The summed E-state index contributed by atoms with van der Waals surface area (Å²) in [4.78, 5) is 0.591. The molecule has 1 heterocycles. The minimum atomic E-state index is 0.583. The van der Waals surface area contributed by atoms with Crippen molar-refractivity contribution in [3.63, 3.8) is 0 Å². The summed E-state index contributed by atoms with van der Waals surface area (Å²) in [7, 11) is 0. The van der Waals surface area contributed by atoms with Crippen LogP contribution >= 0.6 is 23.8 Å². The number of thiocarbonyl (C=S) groups is 1. The molecular weight excluding hydrogens is 252 g/mol. The molecule has 0 bridgehead atoms. The summed E-state index contributed by atoms with van der Waals surface area (Å²) in [5.41, 5.74) is 2.41. The molecule has 0 radical (unpaired) electrons. The van der Waals surface area contributed by atoms with Crippen LogP contribution in [0.25, 0.3) is 0 Å². The van der Waals surface area contributed by atoms with Gasteiger partial charge < -0.3 is 5.32 Å². The molecule has 2 nitrogen and oxygen atoms in total. The molecule has 1 aliphatic rings. The predicted molar refractivity (Wildman–Crippen MR) is 73.0 cm³/mol. The second-order valence-electron chi connectivity index (χ2n) is 3.83. The molecular formula is C13H11ClN2S. The quantitative estimate of drug-likeness (QED) is 0.385. The average Bonchev–Trinajstić information content (AvgIpc) is 2.84. The number of nitriles is 1. The molecule has 0 spiro atoms. The number of nitrogens with zero attached hydrogens (tertiary/aromatic N) is 1. The lowest BCUT2D eigenvalue weighted by molar-refractivity contribution is 0.903. The summed E-state index contributed by atoms with van der Waals surface area (Å²) in [6.07, 6.45) is 1.96. The normalized spacial score (nSPS) is 17.2. The van der Waals surface area contributed by atoms with Crippen LogP contribution < -0.4 is 5.32 Å². The Balaban J connectivity index is 2.33. The summed E-state index contributed by atoms with van der Waals surface area (Å²) in [5.74, 6) is 0. The van der Waals surface area contributed by atoms with E-state index in [0.717, 1.165) is 30.6 Å². The van der Waals surface area contributed by atoms with Gasteiger partial charge in [0.1, 0.15) is 6.07 Å². The third-order valence-electron chi connectivity index (χ3n) is 2.69. The van der Waals surface area contributed by atoms with Crippen LogP contribution in [0.5, 0.6) is 0 Å². The lowest BCUT2D eigenvalue weighted by atomic mass is 10.0. The molecule has 0 unspecified atom stereocenters. The second kappa shape index (κ2) is 5.31. The van der Waals surface area contributed by atoms with Gasteiger partial charge in [0.2, 0.25) is 0 Å². The summed E-state index contributed by atoms with van der Waals surface area (Å²) in [5, 5.41) is 13.1. The van der Waals surface area contributed by atoms with Gasteiger partial charge in [-0.25, -0.2) is 0 Å². The molecule has 1 aromatic carbocycles. The third kappa shape index (κ3) is 2.66. The van der Waals surface area contributed by atoms with E-state index in [1.807, 2.05) is 12.1 Å². The van der Waals surface area contributed by atoms with Crippen LogP contribution in [0.15, 0.2) is 35.5 Å². The fourth-order valence-electron chi connectivity index (χ4n) is 1.81. The van der Waals surface area contributed by atoms with Crippen molar-refractivity contribution in [1.29, 1.82) is 5.26 Å². The summed E-state index contributed by atoms with van der Waals surface area (Å²) in [6.45, 7) is 0.920. The van der Waals surface area contributed by atoms with E-state index in [9.17, 15) is 5.26 Å². The van der Waals surface area contributed by atoms with E-state index in [0.29, 0.717) is 15.5 Å². The smallest absolute Gasteiger partial charge is 0.102 e. The Bertz CT molecular complexity index is 503. The molecule has 86 valence electrons. The van der Waals surface area contributed by atoms with Crippen molar-refractivity contribution < 1.29 is 0 Å². The number of hydrogen-bond donors (Lipinski definition) is 1. The van der Waals surface area contributed by atoms with Crippen molar-refractivity contribution in [3.05, 3.63) is 46.1 Å². The topological polar surface area (TPSA) is 35.8 Å². The predicted octanol–water partition coefficient (Wildman–Crippen LogP) is 3.22. The van der Waals surface area contributed by atoms with E-state index >= 15 is 0 Å². The van der Waals surface area contributed by atoms with Crippen LogP contribution in [-0.4, -0.2) is 11.4 Å². The molecule has 2 rings (SSSR count). The van der Waals surface area contributed by atoms with Crippen LogP contribution in [0.1, 0.15) is 18.4 Å².